The fraction of sp³-hybridized carbons (Fsp3) is 0.611. The first-order chi connectivity index (χ1) is 11.6. The van der Waals surface area contributed by atoms with Crippen molar-refractivity contribution in [2.45, 2.75) is 53.9 Å². The minimum absolute atomic E-state index is 0.0773. The molecule has 1 amide bonds. The van der Waals surface area contributed by atoms with E-state index in [1.165, 1.54) is 0 Å². The Morgan fingerprint density at radius 3 is 2.38 bits per heavy atom. The van der Waals surface area contributed by atoms with Crippen LogP contribution in [0.1, 0.15) is 38.5 Å². The summed E-state index contributed by atoms with van der Waals surface area (Å²) in [6, 6.07) is 10.0. The molecule has 0 N–H and O–H groups in total. The molecule has 132 valence electrons. The van der Waals surface area contributed by atoms with Gasteiger partial charge in [0.2, 0.25) is 5.91 Å². The summed E-state index contributed by atoms with van der Waals surface area (Å²) in [5, 5.41) is -0.492. The van der Waals surface area contributed by atoms with Crippen molar-refractivity contribution in [2.24, 2.45) is 0 Å². The van der Waals surface area contributed by atoms with E-state index in [2.05, 4.69) is 0 Å². The van der Waals surface area contributed by atoms with E-state index in [9.17, 15) is 13.2 Å². The summed E-state index contributed by atoms with van der Waals surface area (Å²) in [6.45, 7) is 0.793. The van der Waals surface area contributed by atoms with Gasteiger partial charge in [-0.15, -0.1) is 11.8 Å². The quantitative estimate of drug-likeness (QED) is 0.725. The van der Waals surface area contributed by atoms with Gasteiger partial charge in [-0.2, -0.15) is 0 Å². The summed E-state index contributed by atoms with van der Waals surface area (Å²) >= 11 is 1.66. The van der Waals surface area contributed by atoms with E-state index in [0.29, 0.717) is 19.5 Å². The third-order valence-electron chi connectivity index (χ3n) is 5.01. The van der Waals surface area contributed by atoms with Crippen LogP contribution in [0.3, 0.4) is 0 Å². The molecule has 1 saturated heterocycles. The average Bonchev–Trinajstić information content (AvgIpc) is 2.55. The maximum absolute atomic E-state index is 12.6. The molecule has 0 radical (unpaired) electrons. The van der Waals surface area contributed by atoms with E-state index < -0.39 is 9.84 Å². The number of carbonyl (C=O) groups excluding carboxylic acids is 1. The van der Waals surface area contributed by atoms with Crippen molar-refractivity contribution in [3.8, 4) is 0 Å². The van der Waals surface area contributed by atoms with Crippen LogP contribution in [0.25, 0.3) is 0 Å². The summed E-state index contributed by atoms with van der Waals surface area (Å²) in [5.74, 6) is 0.813. The van der Waals surface area contributed by atoms with Crippen LogP contribution in [0.2, 0.25) is 0 Å². The van der Waals surface area contributed by atoms with Crippen molar-refractivity contribution in [2.75, 3.05) is 18.8 Å². The normalized spacial score (nSPS) is 19.9. The number of hydrogen-bond donors (Lipinski definition) is 0. The number of nitrogens with zero attached hydrogens (tertiary/aromatic N) is 1. The SMILES string of the molecule is O=C(CCSc1ccccc1)N1CC(S(=O)(=O)C2CCCCC2)C1. The van der Waals surface area contributed by atoms with E-state index in [-0.39, 0.29) is 16.4 Å². The van der Waals surface area contributed by atoms with E-state index in [4.69, 9.17) is 0 Å². The van der Waals surface area contributed by atoms with Crippen LogP contribution >= 0.6 is 11.8 Å². The highest BCUT2D eigenvalue weighted by Crippen LogP contribution is 2.30. The average molecular weight is 368 g/mol. The van der Waals surface area contributed by atoms with Gasteiger partial charge in [-0.05, 0) is 25.0 Å². The Morgan fingerprint density at radius 2 is 1.71 bits per heavy atom. The van der Waals surface area contributed by atoms with Gasteiger partial charge in [-0.3, -0.25) is 4.79 Å². The van der Waals surface area contributed by atoms with Crippen molar-refractivity contribution in [1.82, 2.24) is 4.90 Å². The van der Waals surface area contributed by atoms with Crippen LogP contribution in [0.5, 0.6) is 0 Å². The fourth-order valence-electron chi connectivity index (χ4n) is 3.45. The highest BCUT2D eigenvalue weighted by Gasteiger charge is 2.43. The molecule has 1 saturated carbocycles. The number of amides is 1. The molecule has 0 unspecified atom stereocenters. The molecule has 2 fully saturated rings. The molecule has 24 heavy (non-hydrogen) atoms. The Hall–Kier alpha value is -1.01. The van der Waals surface area contributed by atoms with Crippen molar-refractivity contribution < 1.29 is 13.2 Å². The minimum Gasteiger partial charge on any atom is -0.340 e. The fourth-order valence-corrected chi connectivity index (χ4v) is 6.62. The lowest BCUT2D eigenvalue weighted by molar-refractivity contribution is -0.133. The van der Waals surface area contributed by atoms with Gasteiger partial charge < -0.3 is 4.90 Å². The van der Waals surface area contributed by atoms with Gasteiger partial charge in [0.1, 0.15) is 0 Å². The maximum atomic E-state index is 12.6. The molecule has 2 aliphatic rings. The van der Waals surface area contributed by atoms with Gasteiger partial charge in [-0.25, -0.2) is 8.42 Å². The van der Waals surface area contributed by atoms with Crippen molar-refractivity contribution >= 4 is 27.5 Å². The summed E-state index contributed by atoms with van der Waals surface area (Å²) in [7, 11) is -3.05. The Labute approximate surface area is 148 Å². The molecule has 1 aromatic carbocycles. The van der Waals surface area contributed by atoms with Gasteiger partial charge in [0, 0.05) is 30.2 Å². The smallest absolute Gasteiger partial charge is 0.223 e. The van der Waals surface area contributed by atoms with E-state index in [1.54, 1.807) is 16.7 Å². The largest absolute Gasteiger partial charge is 0.340 e. The minimum atomic E-state index is -3.05. The molecule has 3 rings (SSSR count). The first kappa shape index (κ1) is 17.8. The van der Waals surface area contributed by atoms with Crippen LogP contribution in [-0.2, 0) is 14.6 Å². The molecule has 1 aliphatic carbocycles. The molecule has 6 heteroatoms. The number of hydrogen-bond acceptors (Lipinski definition) is 4. The predicted octanol–water partition coefficient (Wildman–Crippen LogP) is 3.13. The number of thioether (sulfide) groups is 1. The van der Waals surface area contributed by atoms with Crippen LogP contribution in [0.15, 0.2) is 35.2 Å². The predicted molar refractivity (Wildman–Crippen MR) is 97.9 cm³/mol. The molecule has 1 aliphatic heterocycles. The number of rotatable bonds is 6. The zero-order valence-corrected chi connectivity index (χ0v) is 15.5. The summed E-state index contributed by atoms with van der Waals surface area (Å²) < 4.78 is 25.2. The summed E-state index contributed by atoms with van der Waals surface area (Å²) in [6.07, 6.45) is 5.28. The second kappa shape index (κ2) is 7.91. The van der Waals surface area contributed by atoms with E-state index in [0.717, 1.165) is 42.8 Å². The summed E-state index contributed by atoms with van der Waals surface area (Å²) in [5.41, 5.74) is 0. The molecule has 1 aromatic rings. The molecule has 0 atom stereocenters. The van der Waals surface area contributed by atoms with Crippen molar-refractivity contribution in [1.29, 1.82) is 0 Å². The van der Waals surface area contributed by atoms with E-state index in [1.807, 2.05) is 30.3 Å². The molecule has 0 spiro atoms. The molecule has 0 bridgehead atoms. The van der Waals surface area contributed by atoms with Gasteiger partial charge in [0.15, 0.2) is 9.84 Å². The van der Waals surface area contributed by atoms with Crippen LogP contribution in [0, 0.1) is 0 Å². The highest BCUT2D eigenvalue weighted by atomic mass is 32.2. The lowest BCUT2D eigenvalue weighted by Crippen LogP contribution is -2.58. The number of sulfone groups is 1. The molecular weight excluding hydrogens is 342 g/mol. The number of carbonyl (C=O) groups is 1. The zero-order chi connectivity index (χ0) is 17.0. The number of benzene rings is 1. The standard InChI is InChI=1S/C18H25NO3S2/c20-18(11-12-23-15-7-3-1-4-8-15)19-13-17(14-19)24(21,22)16-9-5-2-6-10-16/h1,3-4,7-8,16-17H,2,5-6,9-14H2. The van der Waals surface area contributed by atoms with Gasteiger partial charge >= 0.3 is 0 Å². The van der Waals surface area contributed by atoms with Crippen LogP contribution in [0.4, 0.5) is 0 Å². The Kier molecular flexibility index (Phi) is 5.87. The third kappa shape index (κ3) is 4.14. The van der Waals surface area contributed by atoms with Crippen LogP contribution in [-0.4, -0.2) is 48.6 Å². The summed E-state index contributed by atoms with van der Waals surface area (Å²) in [4.78, 5) is 15.0. The second-order valence-electron chi connectivity index (χ2n) is 6.68. The van der Waals surface area contributed by atoms with Gasteiger partial charge in [0.05, 0.1) is 10.5 Å². The Bertz CT molecular complexity index is 648. The first-order valence-corrected chi connectivity index (χ1v) is 11.4. The van der Waals surface area contributed by atoms with Gasteiger partial charge in [0.25, 0.3) is 0 Å². The zero-order valence-electron chi connectivity index (χ0n) is 13.9. The molecule has 1 heterocycles. The van der Waals surface area contributed by atoms with E-state index >= 15 is 0 Å². The number of likely N-dealkylation sites (tertiary alicyclic amines) is 1. The first-order valence-electron chi connectivity index (χ1n) is 8.75. The second-order valence-corrected chi connectivity index (χ2v) is 10.4. The topological polar surface area (TPSA) is 54.5 Å². The monoisotopic (exact) mass is 367 g/mol. The maximum Gasteiger partial charge on any atom is 0.223 e. The van der Waals surface area contributed by atoms with Crippen molar-refractivity contribution in [3.05, 3.63) is 30.3 Å². The lowest BCUT2D eigenvalue weighted by atomic mass is 10.0. The molecular formula is C18H25NO3S2. The Morgan fingerprint density at radius 1 is 1.04 bits per heavy atom. The molecule has 4 nitrogen and oxygen atoms in total. The van der Waals surface area contributed by atoms with Crippen molar-refractivity contribution in [3.63, 3.8) is 0 Å². The lowest BCUT2D eigenvalue weighted by Gasteiger charge is -2.41. The highest BCUT2D eigenvalue weighted by molar-refractivity contribution is 7.99. The third-order valence-corrected chi connectivity index (χ3v) is 8.65. The van der Waals surface area contributed by atoms with Gasteiger partial charge in [-0.1, -0.05) is 37.5 Å². The van der Waals surface area contributed by atoms with Crippen LogP contribution < -0.4 is 0 Å². The molecule has 0 aromatic heterocycles. The Balaban J connectivity index is 1.41.